The van der Waals surface area contributed by atoms with E-state index in [1.165, 1.54) is 15.9 Å². The van der Waals surface area contributed by atoms with Gasteiger partial charge in [-0.15, -0.1) is 22.7 Å². The zero-order chi connectivity index (χ0) is 16.0. The van der Waals surface area contributed by atoms with E-state index in [1.54, 1.807) is 11.3 Å². The van der Waals surface area contributed by atoms with Crippen LogP contribution in [0.25, 0.3) is 20.8 Å². The maximum absolute atomic E-state index is 12.7. The number of thiophene rings is 1. The summed E-state index contributed by atoms with van der Waals surface area (Å²) < 4.78 is 1.29. The maximum atomic E-state index is 12.7. The van der Waals surface area contributed by atoms with Gasteiger partial charge in [0.1, 0.15) is 4.83 Å². The van der Waals surface area contributed by atoms with E-state index in [0.717, 1.165) is 21.1 Å². The minimum Gasteiger partial charge on any atom is -0.298 e. The van der Waals surface area contributed by atoms with Gasteiger partial charge in [-0.2, -0.15) is 0 Å². The number of thiazole rings is 1. The van der Waals surface area contributed by atoms with Gasteiger partial charge in [0.25, 0.3) is 5.56 Å². The molecule has 0 radical (unpaired) electrons. The summed E-state index contributed by atoms with van der Waals surface area (Å²) in [6, 6.07) is 0. The Morgan fingerprint density at radius 1 is 1.32 bits per heavy atom. The van der Waals surface area contributed by atoms with E-state index >= 15 is 0 Å². The zero-order valence-electron chi connectivity index (χ0n) is 12.9. The van der Waals surface area contributed by atoms with Crippen molar-refractivity contribution in [1.29, 1.82) is 0 Å². The molecule has 0 aliphatic rings. The first-order valence-electron chi connectivity index (χ1n) is 7.07. The van der Waals surface area contributed by atoms with Crippen LogP contribution in [0.15, 0.2) is 15.0 Å². The molecule has 5 nitrogen and oxygen atoms in total. The first-order valence-corrected chi connectivity index (χ1v) is 8.76. The summed E-state index contributed by atoms with van der Waals surface area (Å²) in [5.74, 6) is 0.232. The Bertz CT molecular complexity index is 959. The van der Waals surface area contributed by atoms with Gasteiger partial charge in [0.2, 0.25) is 0 Å². The van der Waals surface area contributed by atoms with E-state index in [2.05, 4.69) is 9.97 Å². The Balaban J connectivity index is 2.29. The van der Waals surface area contributed by atoms with Gasteiger partial charge in [-0.05, 0) is 25.3 Å². The number of nitrogens with one attached hydrogen (secondary N) is 1. The fourth-order valence-electron chi connectivity index (χ4n) is 2.49. The highest BCUT2D eigenvalue weighted by Crippen LogP contribution is 2.35. The molecular weight excluding hydrogens is 318 g/mol. The Labute approximate surface area is 135 Å². The molecule has 0 aliphatic carbocycles. The lowest BCUT2D eigenvalue weighted by atomic mass is 10.2. The van der Waals surface area contributed by atoms with E-state index in [4.69, 9.17) is 0 Å². The molecule has 0 fully saturated rings. The molecule has 3 aromatic rings. The summed E-state index contributed by atoms with van der Waals surface area (Å²) >= 11 is 3.00. The number of hydrogen-bond donors (Lipinski definition) is 1. The summed E-state index contributed by atoms with van der Waals surface area (Å²) in [5, 5.41) is 3.57. The van der Waals surface area contributed by atoms with Gasteiger partial charge in [-0.1, -0.05) is 13.8 Å². The standard InChI is InChI=1S/C15H17N3O2S2/c1-7(2)5-18-14(19)11-8(3)12(10-6-21-9(4)16-10)22-13(11)17-15(18)20/h6-7H,5H2,1-4H3,(H,17,20). The second-order valence-corrected chi connectivity index (χ2v) is 7.83. The van der Waals surface area contributed by atoms with Crippen molar-refractivity contribution < 1.29 is 0 Å². The molecular formula is C15H17N3O2S2. The predicted molar refractivity (Wildman–Crippen MR) is 92.1 cm³/mol. The third-order valence-corrected chi connectivity index (χ3v) is 5.47. The van der Waals surface area contributed by atoms with Gasteiger partial charge < -0.3 is 0 Å². The average molecular weight is 335 g/mol. The van der Waals surface area contributed by atoms with E-state index in [9.17, 15) is 9.59 Å². The molecule has 116 valence electrons. The number of hydrogen-bond acceptors (Lipinski definition) is 5. The lowest BCUT2D eigenvalue weighted by Crippen LogP contribution is -2.36. The topological polar surface area (TPSA) is 67.8 Å². The number of rotatable bonds is 3. The monoisotopic (exact) mass is 335 g/mol. The number of H-pyrrole nitrogens is 1. The fourth-order valence-corrected chi connectivity index (χ4v) is 4.32. The lowest BCUT2D eigenvalue weighted by Gasteiger charge is -2.07. The number of aromatic nitrogens is 3. The van der Waals surface area contributed by atoms with Crippen LogP contribution in [0.2, 0.25) is 0 Å². The third kappa shape index (κ3) is 2.44. The van der Waals surface area contributed by atoms with Crippen LogP contribution in [0.3, 0.4) is 0 Å². The molecule has 0 atom stereocenters. The molecule has 7 heteroatoms. The van der Waals surface area contributed by atoms with Gasteiger partial charge in [-0.3, -0.25) is 14.3 Å². The highest BCUT2D eigenvalue weighted by atomic mass is 32.1. The van der Waals surface area contributed by atoms with Gasteiger partial charge in [0.05, 0.1) is 21.0 Å². The van der Waals surface area contributed by atoms with Crippen LogP contribution in [0.4, 0.5) is 0 Å². The second-order valence-electron chi connectivity index (χ2n) is 5.75. The third-order valence-electron chi connectivity index (χ3n) is 3.47. The molecule has 0 bridgehead atoms. The van der Waals surface area contributed by atoms with Gasteiger partial charge >= 0.3 is 5.69 Å². The summed E-state index contributed by atoms with van der Waals surface area (Å²) in [4.78, 5) is 33.8. The van der Waals surface area contributed by atoms with Crippen LogP contribution < -0.4 is 11.2 Å². The van der Waals surface area contributed by atoms with Crippen LogP contribution in [0.5, 0.6) is 0 Å². The van der Waals surface area contributed by atoms with Crippen LogP contribution in [0, 0.1) is 19.8 Å². The zero-order valence-corrected chi connectivity index (χ0v) is 14.5. The number of aromatic amines is 1. The molecule has 22 heavy (non-hydrogen) atoms. The van der Waals surface area contributed by atoms with Crippen molar-refractivity contribution in [3.63, 3.8) is 0 Å². The Kier molecular flexibility index (Phi) is 3.78. The van der Waals surface area contributed by atoms with Crippen molar-refractivity contribution in [3.8, 4) is 10.6 Å². The summed E-state index contributed by atoms with van der Waals surface area (Å²) in [7, 11) is 0. The first-order chi connectivity index (χ1) is 10.4. The molecule has 0 aromatic carbocycles. The van der Waals surface area contributed by atoms with Crippen LogP contribution >= 0.6 is 22.7 Å². The number of fused-ring (bicyclic) bond motifs is 1. The Morgan fingerprint density at radius 2 is 2.05 bits per heavy atom. The van der Waals surface area contributed by atoms with Crippen molar-refractivity contribution in [1.82, 2.24) is 14.5 Å². The molecule has 0 saturated heterocycles. The van der Waals surface area contributed by atoms with Crippen molar-refractivity contribution in [3.05, 3.63) is 36.8 Å². The lowest BCUT2D eigenvalue weighted by molar-refractivity contribution is 0.496. The Morgan fingerprint density at radius 3 is 2.64 bits per heavy atom. The quantitative estimate of drug-likeness (QED) is 0.799. The summed E-state index contributed by atoms with van der Waals surface area (Å²) in [5.41, 5.74) is 1.22. The fraction of sp³-hybridized carbons (Fsp3) is 0.400. The maximum Gasteiger partial charge on any atom is 0.329 e. The average Bonchev–Trinajstić information content (AvgIpc) is 2.98. The molecule has 3 aromatic heterocycles. The summed E-state index contributed by atoms with van der Waals surface area (Å²) in [6.45, 7) is 8.27. The number of nitrogens with zero attached hydrogens (tertiary/aromatic N) is 2. The second kappa shape index (κ2) is 5.48. The largest absolute Gasteiger partial charge is 0.329 e. The molecule has 3 heterocycles. The molecule has 0 amide bonds. The first kappa shape index (κ1) is 15.2. The minimum absolute atomic E-state index is 0.209. The molecule has 0 aliphatic heterocycles. The van der Waals surface area contributed by atoms with Crippen molar-refractivity contribution in [2.75, 3.05) is 0 Å². The SMILES string of the molecule is Cc1nc(-c2sc3[nH]c(=O)n(CC(C)C)c(=O)c3c2C)cs1. The molecule has 0 spiro atoms. The van der Waals surface area contributed by atoms with Gasteiger partial charge in [-0.25, -0.2) is 9.78 Å². The van der Waals surface area contributed by atoms with E-state index in [-0.39, 0.29) is 17.2 Å². The van der Waals surface area contributed by atoms with Crippen LogP contribution in [-0.4, -0.2) is 14.5 Å². The molecule has 0 saturated carbocycles. The number of aryl methyl sites for hydroxylation is 2. The minimum atomic E-state index is -0.339. The Hall–Kier alpha value is -1.73. The molecule has 0 unspecified atom stereocenters. The predicted octanol–water partition coefficient (Wildman–Crippen LogP) is 3.15. The highest BCUT2D eigenvalue weighted by molar-refractivity contribution is 7.22. The van der Waals surface area contributed by atoms with Crippen molar-refractivity contribution in [2.45, 2.75) is 34.2 Å². The van der Waals surface area contributed by atoms with E-state index in [0.29, 0.717) is 16.8 Å². The highest BCUT2D eigenvalue weighted by Gasteiger charge is 2.18. The normalized spacial score (nSPS) is 11.7. The van der Waals surface area contributed by atoms with Crippen LogP contribution in [0.1, 0.15) is 24.4 Å². The molecule has 3 rings (SSSR count). The van der Waals surface area contributed by atoms with Crippen LogP contribution in [-0.2, 0) is 6.54 Å². The van der Waals surface area contributed by atoms with E-state index < -0.39 is 0 Å². The van der Waals surface area contributed by atoms with Gasteiger partial charge in [0.15, 0.2) is 0 Å². The van der Waals surface area contributed by atoms with E-state index in [1.807, 2.05) is 33.1 Å². The van der Waals surface area contributed by atoms with Crippen molar-refractivity contribution in [2.24, 2.45) is 5.92 Å². The molecule has 1 N–H and O–H groups in total. The summed E-state index contributed by atoms with van der Waals surface area (Å²) in [6.07, 6.45) is 0. The van der Waals surface area contributed by atoms with Gasteiger partial charge in [0, 0.05) is 11.9 Å². The van der Waals surface area contributed by atoms with Crippen molar-refractivity contribution >= 4 is 32.9 Å². The smallest absolute Gasteiger partial charge is 0.298 e.